The van der Waals surface area contributed by atoms with Crippen LogP contribution in [0.2, 0.25) is 0 Å². The van der Waals surface area contributed by atoms with Crippen molar-refractivity contribution in [1.29, 1.82) is 0 Å². The Kier molecular flexibility index (Phi) is 6.17. The molecule has 1 aromatic rings. The Morgan fingerprint density at radius 1 is 1.35 bits per heavy atom. The molecule has 1 aromatic carbocycles. The first kappa shape index (κ1) is 16.7. The molecule has 1 atom stereocenters. The molecule has 0 heterocycles. The maximum atomic E-state index is 11.7. The van der Waals surface area contributed by atoms with Gasteiger partial charge < -0.3 is 14.7 Å². The predicted octanol–water partition coefficient (Wildman–Crippen LogP) is 2.39. The lowest BCUT2D eigenvalue weighted by Gasteiger charge is -2.30. The van der Waals surface area contributed by atoms with Gasteiger partial charge in [0, 0.05) is 13.1 Å². The molecule has 0 fully saturated rings. The molecule has 0 aliphatic heterocycles. The number of nitrogens with zero attached hydrogens (tertiary/aromatic N) is 1. The van der Waals surface area contributed by atoms with Gasteiger partial charge in [0.15, 0.2) is 0 Å². The van der Waals surface area contributed by atoms with Gasteiger partial charge in [0.05, 0.1) is 12.7 Å². The zero-order valence-corrected chi connectivity index (χ0v) is 12.8. The quantitative estimate of drug-likeness (QED) is 0.794. The zero-order chi connectivity index (χ0) is 15.2. The van der Waals surface area contributed by atoms with Crippen LogP contribution in [-0.2, 0) is 14.9 Å². The van der Waals surface area contributed by atoms with Crippen LogP contribution in [0.3, 0.4) is 0 Å². The molecule has 0 saturated heterocycles. The summed E-state index contributed by atoms with van der Waals surface area (Å²) in [4.78, 5) is 13.7. The molecule has 20 heavy (non-hydrogen) atoms. The molecule has 0 aliphatic rings. The fraction of sp³-hybridized carbons (Fsp3) is 0.562. The van der Waals surface area contributed by atoms with Crippen molar-refractivity contribution in [2.24, 2.45) is 0 Å². The lowest BCUT2D eigenvalue weighted by molar-refractivity contribution is -0.144. The Morgan fingerprint density at radius 2 is 1.95 bits per heavy atom. The van der Waals surface area contributed by atoms with Crippen LogP contribution in [0.4, 0.5) is 0 Å². The van der Waals surface area contributed by atoms with Crippen LogP contribution in [0, 0.1) is 0 Å². The highest BCUT2D eigenvalue weighted by molar-refractivity contribution is 5.81. The van der Waals surface area contributed by atoms with Gasteiger partial charge in [-0.25, -0.2) is 0 Å². The summed E-state index contributed by atoms with van der Waals surface area (Å²) in [5, 5.41) is 9.59. The summed E-state index contributed by atoms with van der Waals surface area (Å²) in [5.74, 6) is -0.805. The molecule has 0 bridgehead atoms. The highest BCUT2D eigenvalue weighted by Crippen LogP contribution is 2.25. The number of hydrogen-bond acceptors (Lipinski definition) is 3. The third kappa shape index (κ3) is 4.62. The van der Waals surface area contributed by atoms with Gasteiger partial charge in [0.2, 0.25) is 0 Å². The molecular formula is C16H25NO3. The van der Waals surface area contributed by atoms with E-state index in [0.29, 0.717) is 19.7 Å². The van der Waals surface area contributed by atoms with Gasteiger partial charge in [-0.3, -0.25) is 4.79 Å². The van der Waals surface area contributed by atoms with Crippen LogP contribution in [0.5, 0.6) is 0 Å². The molecule has 4 nitrogen and oxygen atoms in total. The molecule has 1 rings (SSSR count). The molecule has 1 N–H and O–H groups in total. The Balaban J connectivity index is 2.70. The molecule has 0 aromatic heterocycles. The van der Waals surface area contributed by atoms with Crippen molar-refractivity contribution < 1.29 is 14.6 Å². The second-order valence-electron chi connectivity index (χ2n) is 5.66. The van der Waals surface area contributed by atoms with E-state index in [4.69, 9.17) is 4.74 Å². The number of likely N-dealkylation sites (N-methyl/N-ethyl adjacent to an activating group) is 1. The van der Waals surface area contributed by atoms with E-state index >= 15 is 0 Å². The summed E-state index contributed by atoms with van der Waals surface area (Å²) in [7, 11) is 1.92. The van der Waals surface area contributed by atoms with Crippen molar-refractivity contribution in [1.82, 2.24) is 4.90 Å². The fourth-order valence-electron chi connectivity index (χ4n) is 2.15. The number of carboxylic acid groups (broad SMARTS) is 1. The molecule has 0 saturated carbocycles. The Morgan fingerprint density at radius 3 is 2.45 bits per heavy atom. The minimum absolute atomic E-state index is 0.198. The summed E-state index contributed by atoms with van der Waals surface area (Å²) >= 11 is 0. The largest absolute Gasteiger partial charge is 0.481 e. The second kappa shape index (κ2) is 7.41. The topological polar surface area (TPSA) is 49.8 Å². The van der Waals surface area contributed by atoms with Crippen LogP contribution in [0.15, 0.2) is 30.3 Å². The van der Waals surface area contributed by atoms with Crippen molar-refractivity contribution in [3.05, 3.63) is 35.9 Å². The zero-order valence-electron chi connectivity index (χ0n) is 12.8. The molecule has 4 heteroatoms. The van der Waals surface area contributed by atoms with Crippen LogP contribution in [-0.4, -0.2) is 48.8 Å². The lowest BCUT2D eigenvalue weighted by Crippen LogP contribution is -2.44. The molecule has 0 aliphatic carbocycles. The van der Waals surface area contributed by atoms with E-state index in [9.17, 15) is 9.90 Å². The molecule has 0 amide bonds. The fourth-order valence-corrected chi connectivity index (χ4v) is 2.15. The molecular weight excluding hydrogens is 254 g/mol. The van der Waals surface area contributed by atoms with E-state index in [1.165, 1.54) is 0 Å². The van der Waals surface area contributed by atoms with Gasteiger partial charge in [-0.15, -0.1) is 0 Å². The first-order valence-electron chi connectivity index (χ1n) is 6.95. The summed E-state index contributed by atoms with van der Waals surface area (Å²) in [6.07, 6.45) is 0.198. The number of rotatable bonds is 8. The van der Waals surface area contributed by atoms with E-state index in [0.717, 1.165) is 5.56 Å². The summed E-state index contributed by atoms with van der Waals surface area (Å²) in [6, 6.07) is 9.38. The number of hydrogen-bond donors (Lipinski definition) is 1. The van der Waals surface area contributed by atoms with E-state index in [2.05, 4.69) is 0 Å². The molecule has 112 valence electrons. The SMILES string of the molecule is CC(C)OCCN(C)CC(C)(C(=O)O)c1ccccc1. The average molecular weight is 279 g/mol. The highest BCUT2D eigenvalue weighted by Gasteiger charge is 2.36. The first-order chi connectivity index (χ1) is 9.36. The van der Waals surface area contributed by atoms with E-state index in [1.807, 2.05) is 56.1 Å². The number of aliphatic carboxylic acids is 1. The van der Waals surface area contributed by atoms with Crippen LogP contribution in [0.1, 0.15) is 26.3 Å². The monoisotopic (exact) mass is 279 g/mol. The Bertz CT molecular complexity index is 419. The maximum absolute atomic E-state index is 11.7. The smallest absolute Gasteiger partial charge is 0.315 e. The third-order valence-corrected chi connectivity index (χ3v) is 3.39. The standard InChI is InChI=1S/C16H25NO3/c1-13(2)20-11-10-17(4)12-16(3,15(18)19)14-8-6-5-7-9-14/h5-9,13H,10-12H2,1-4H3,(H,18,19). The lowest BCUT2D eigenvalue weighted by atomic mass is 9.82. The Labute approximate surface area is 121 Å². The van der Waals surface area contributed by atoms with Gasteiger partial charge in [0.1, 0.15) is 5.41 Å². The van der Waals surface area contributed by atoms with Crippen molar-refractivity contribution >= 4 is 5.97 Å². The summed E-state index contributed by atoms with van der Waals surface area (Å²) < 4.78 is 5.50. The number of carbonyl (C=O) groups is 1. The summed E-state index contributed by atoms with van der Waals surface area (Å²) in [6.45, 7) is 7.53. The van der Waals surface area contributed by atoms with Crippen LogP contribution in [0.25, 0.3) is 0 Å². The predicted molar refractivity (Wildman–Crippen MR) is 80.0 cm³/mol. The third-order valence-electron chi connectivity index (χ3n) is 3.39. The number of benzene rings is 1. The number of ether oxygens (including phenoxy) is 1. The van der Waals surface area contributed by atoms with Crippen molar-refractivity contribution in [2.75, 3.05) is 26.7 Å². The molecule has 1 unspecified atom stereocenters. The van der Waals surface area contributed by atoms with Gasteiger partial charge in [-0.05, 0) is 33.4 Å². The van der Waals surface area contributed by atoms with E-state index < -0.39 is 11.4 Å². The van der Waals surface area contributed by atoms with Crippen LogP contribution >= 0.6 is 0 Å². The molecule has 0 radical (unpaired) electrons. The second-order valence-corrected chi connectivity index (χ2v) is 5.66. The van der Waals surface area contributed by atoms with Gasteiger partial charge in [-0.1, -0.05) is 30.3 Å². The minimum Gasteiger partial charge on any atom is -0.481 e. The Hall–Kier alpha value is -1.39. The van der Waals surface area contributed by atoms with Gasteiger partial charge >= 0.3 is 5.97 Å². The maximum Gasteiger partial charge on any atom is 0.315 e. The minimum atomic E-state index is -0.909. The average Bonchev–Trinajstić information content (AvgIpc) is 2.38. The molecule has 0 spiro atoms. The van der Waals surface area contributed by atoms with Gasteiger partial charge in [0.25, 0.3) is 0 Å². The summed E-state index contributed by atoms with van der Waals surface area (Å²) in [5.41, 5.74) is -0.0856. The van der Waals surface area contributed by atoms with Crippen molar-refractivity contribution in [3.63, 3.8) is 0 Å². The van der Waals surface area contributed by atoms with Crippen molar-refractivity contribution in [2.45, 2.75) is 32.3 Å². The van der Waals surface area contributed by atoms with E-state index in [-0.39, 0.29) is 6.10 Å². The first-order valence-corrected chi connectivity index (χ1v) is 6.95. The van der Waals surface area contributed by atoms with Crippen LogP contribution < -0.4 is 0 Å². The number of carboxylic acids is 1. The van der Waals surface area contributed by atoms with Crippen molar-refractivity contribution in [3.8, 4) is 0 Å². The normalized spacial score (nSPS) is 14.5. The van der Waals surface area contributed by atoms with E-state index in [1.54, 1.807) is 6.92 Å². The highest BCUT2D eigenvalue weighted by atomic mass is 16.5. The van der Waals surface area contributed by atoms with Gasteiger partial charge in [-0.2, -0.15) is 0 Å².